The molecule has 1 fully saturated rings. The Kier molecular flexibility index (Phi) is 3.81. The number of carbonyl (C=O) groups excluding carboxylic acids is 1. The normalized spacial score (nSPS) is 18.8. The largest absolute Gasteiger partial charge is 0.453 e. The molecule has 6 heteroatoms. The molecule has 0 aromatic heterocycles. The van der Waals surface area contributed by atoms with Crippen molar-refractivity contribution in [3.8, 4) is 0 Å². The number of carbonyl (C=O) groups is 1. The quantitative estimate of drug-likeness (QED) is 0.804. The summed E-state index contributed by atoms with van der Waals surface area (Å²) in [6.07, 6.45) is 0.460. The Morgan fingerprint density at radius 3 is 3.11 bits per heavy atom. The Bertz CT molecular complexity index is 453. The van der Waals surface area contributed by atoms with E-state index in [9.17, 15) is 4.79 Å². The number of hydrogen-bond acceptors (Lipinski definition) is 4. The van der Waals surface area contributed by atoms with Crippen molar-refractivity contribution >= 4 is 29.1 Å². The van der Waals surface area contributed by atoms with Crippen molar-refractivity contribution in [2.75, 3.05) is 30.8 Å². The zero-order chi connectivity index (χ0) is 13.1. The Hall–Kier alpha value is -1.62. The van der Waals surface area contributed by atoms with Crippen LogP contribution in [-0.4, -0.2) is 32.3 Å². The fourth-order valence-corrected chi connectivity index (χ4v) is 2.29. The van der Waals surface area contributed by atoms with Crippen LogP contribution in [0, 0.1) is 0 Å². The lowest BCUT2D eigenvalue weighted by Crippen LogP contribution is -2.37. The molecule has 2 rings (SSSR count). The minimum absolute atomic E-state index is 0.0795. The molecular weight excluding hydrogens is 254 g/mol. The van der Waals surface area contributed by atoms with Gasteiger partial charge in [-0.25, -0.2) is 4.79 Å². The lowest BCUT2D eigenvalue weighted by atomic mass is 10.2. The Morgan fingerprint density at radius 1 is 1.61 bits per heavy atom. The highest BCUT2D eigenvalue weighted by atomic mass is 35.5. The van der Waals surface area contributed by atoms with Crippen LogP contribution in [0.2, 0.25) is 5.02 Å². The summed E-state index contributed by atoms with van der Waals surface area (Å²) in [7, 11) is 1.36. The van der Waals surface area contributed by atoms with E-state index in [1.54, 1.807) is 6.07 Å². The van der Waals surface area contributed by atoms with E-state index >= 15 is 0 Å². The summed E-state index contributed by atoms with van der Waals surface area (Å²) in [6.45, 7) is 1.54. The maximum atomic E-state index is 11.1. The molecule has 0 radical (unpaired) electrons. The van der Waals surface area contributed by atoms with Gasteiger partial charge in [0.25, 0.3) is 0 Å². The van der Waals surface area contributed by atoms with Crippen LogP contribution >= 0.6 is 11.6 Å². The maximum absolute atomic E-state index is 11.1. The first kappa shape index (κ1) is 12.8. The van der Waals surface area contributed by atoms with Crippen molar-refractivity contribution in [1.29, 1.82) is 0 Å². The van der Waals surface area contributed by atoms with E-state index in [0.29, 0.717) is 17.3 Å². The number of hydrogen-bond donors (Lipinski definition) is 2. The van der Waals surface area contributed by atoms with Crippen LogP contribution in [0.3, 0.4) is 0 Å². The molecule has 1 aromatic carbocycles. The molecule has 98 valence electrons. The lowest BCUT2D eigenvalue weighted by molar-refractivity contribution is 0.167. The lowest BCUT2D eigenvalue weighted by Gasteiger charge is -2.21. The molecule has 5 nitrogen and oxygen atoms in total. The smallest absolute Gasteiger partial charge is 0.407 e. The van der Waals surface area contributed by atoms with Gasteiger partial charge in [-0.15, -0.1) is 0 Å². The molecule has 1 atom stereocenters. The Balaban J connectivity index is 2.04. The van der Waals surface area contributed by atoms with Crippen LogP contribution in [0.1, 0.15) is 6.42 Å². The molecule has 1 aliphatic heterocycles. The number of methoxy groups -OCH3 is 1. The van der Waals surface area contributed by atoms with Crippen molar-refractivity contribution < 1.29 is 9.53 Å². The molecule has 0 saturated carbocycles. The Morgan fingerprint density at radius 2 is 2.39 bits per heavy atom. The number of rotatable bonds is 2. The van der Waals surface area contributed by atoms with Crippen LogP contribution in [0.5, 0.6) is 0 Å². The highest BCUT2D eigenvalue weighted by molar-refractivity contribution is 6.33. The highest BCUT2D eigenvalue weighted by Crippen LogP contribution is 2.32. The molecule has 18 heavy (non-hydrogen) atoms. The first-order valence-electron chi connectivity index (χ1n) is 5.75. The predicted molar refractivity (Wildman–Crippen MR) is 72.0 cm³/mol. The topological polar surface area (TPSA) is 67.6 Å². The summed E-state index contributed by atoms with van der Waals surface area (Å²) < 4.78 is 4.58. The number of benzene rings is 1. The van der Waals surface area contributed by atoms with Crippen molar-refractivity contribution in [2.24, 2.45) is 0 Å². The third kappa shape index (κ3) is 2.61. The second-order valence-corrected chi connectivity index (χ2v) is 4.65. The summed E-state index contributed by atoms with van der Waals surface area (Å²) in [6, 6.07) is 5.65. The molecule has 0 aliphatic carbocycles. The first-order chi connectivity index (χ1) is 8.61. The third-order valence-corrected chi connectivity index (χ3v) is 3.40. The molecule has 1 aromatic rings. The number of nitrogen functional groups attached to an aromatic ring is 1. The average molecular weight is 270 g/mol. The number of amides is 1. The second-order valence-electron chi connectivity index (χ2n) is 4.24. The fourth-order valence-electron chi connectivity index (χ4n) is 2.12. The standard InChI is InChI=1S/C12H16ClN3O2/c1-18-12(17)15-8-5-6-16(7-8)10-4-2-3-9(13)11(10)14/h2-4,8H,5-7,14H2,1H3,(H,15,17). The minimum atomic E-state index is -0.402. The van der Waals surface area contributed by atoms with E-state index in [0.717, 1.165) is 18.7 Å². The van der Waals surface area contributed by atoms with Crippen molar-refractivity contribution in [3.63, 3.8) is 0 Å². The number of nitrogens with two attached hydrogens (primary N) is 1. The first-order valence-corrected chi connectivity index (χ1v) is 6.13. The van der Waals surface area contributed by atoms with Gasteiger partial charge in [0.2, 0.25) is 0 Å². The highest BCUT2D eigenvalue weighted by Gasteiger charge is 2.25. The van der Waals surface area contributed by atoms with Gasteiger partial charge in [-0.2, -0.15) is 0 Å². The Labute approximate surface area is 111 Å². The summed E-state index contributed by atoms with van der Waals surface area (Å²) >= 11 is 5.99. The van der Waals surface area contributed by atoms with Gasteiger partial charge in [0.1, 0.15) is 0 Å². The van der Waals surface area contributed by atoms with Gasteiger partial charge in [-0.05, 0) is 18.6 Å². The van der Waals surface area contributed by atoms with Crippen LogP contribution < -0.4 is 16.0 Å². The number of anilines is 2. The molecule has 1 aliphatic rings. The third-order valence-electron chi connectivity index (χ3n) is 3.07. The molecule has 1 saturated heterocycles. The van der Waals surface area contributed by atoms with Gasteiger partial charge in [0, 0.05) is 13.1 Å². The predicted octanol–water partition coefficient (Wildman–Crippen LogP) is 1.86. The maximum Gasteiger partial charge on any atom is 0.407 e. The van der Waals surface area contributed by atoms with Gasteiger partial charge < -0.3 is 20.7 Å². The average Bonchev–Trinajstić information content (AvgIpc) is 2.80. The molecule has 3 N–H and O–H groups in total. The van der Waals surface area contributed by atoms with E-state index in [2.05, 4.69) is 15.0 Å². The van der Waals surface area contributed by atoms with Crippen LogP contribution in [-0.2, 0) is 4.74 Å². The summed E-state index contributed by atoms with van der Waals surface area (Å²) in [5, 5.41) is 3.34. The number of ether oxygens (including phenoxy) is 1. The molecule has 0 spiro atoms. The minimum Gasteiger partial charge on any atom is -0.453 e. The fraction of sp³-hybridized carbons (Fsp3) is 0.417. The van der Waals surface area contributed by atoms with E-state index in [1.807, 2.05) is 12.1 Å². The summed E-state index contributed by atoms with van der Waals surface area (Å²) in [5.74, 6) is 0. The van der Waals surface area contributed by atoms with Gasteiger partial charge in [0.15, 0.2) is 0 Å². The van der Waals surface area contributed by atoms with Gasteiger partial charge in [-0.1, -0.05) is 17.7 Å². The van der Waals surface area contributed by atoms with Gasteiger partial charge in [0.05, 0.1) is 29.5 Å². The number of halogens is 1. The number of alkyl carbamates (subject to hydrolysis) is 1. The van der Waals surface area contributed by atoms with Crippen molar-refractivity contribution in [3.05, 3.63) is 23.2 Å². The number of nitrogens with one attached hydrogen (secondary N) is 1. The molecule has 1 heterocycles. The zero-order valence-corrected chi connectivity index (χ0v) is 10.9. The van der Waals surface area contributed by atoms with E-state index in [1.165, 1.54) is 7.11 Å². The van der Waals surface area contributed by atoms with Crippen LogP contribution in [0.4, 0.5) is 16.2 Å². The van der Waals surface area contributed by atoms with Crippen LogP contribution in [0.25, 0.3) is 0 Å². The van der Waals surface area contributed by atoms with Gasteiger partial charge >= 0.3 is 6.09 Å². The van der Waals surface area contributed by atoms with Crippen molar-refractivity contribution in [1.82, 2.24) is 5.32 Å². The molecule has 0 bridgehead atoms. The van der Waals surface area contributed by atoms with Gasteiger partial charge in [-0.3, -0.25) is 0 Å². The molecule has 1 amide bonds. The monoisotopic (exact) mass is 269 g/mol. The van der Waals surface area contributed by atoms with E-state index in [4.69, 9.17) is 17.3 Å². The summed E-state index contributed by atoms with van der Waals surface area (Å²) in [5.41, 5.74) is 7.44. The summed E-state index contributed by atoms with van der Waals surface area (Å²) in [4.78, 5) is 13.2. The SMILES string of the molecule is COC(=O)NC1CCN(c2cccc(Cl)c2N)C1. The van der Waals surface area contributed by atoms with Crippen molar-refractivity contribution in [2.45, 2.75) is 12.5 Å². The van der Waals surface area contributed by atoms with E-state index < -0.39 is 6.09 Å². The number of nitrogens with zero attached hydrogens (tertiary/aromatic N) is 1. The van der Waals surface area contributed by atoms with E-state index in [-0.39, 0.29) is 6.04 Å². The van der Waals surface area contributed by atoms with Crippen LogP contribution in [0.15, 0.2) is 18.2 Å². The molecular formula is C12H16ClN3O2. The number of para-hydroxylation sites is 1. The second kappa shape index (κ2) is 5.35. The zero-order valence-electron chi connectivity index (χ0n) is 10.1. The molecule has 1 unspecified atom stereocenters.